The van der Waals surface area contributed by atoms with Gasteiger partial charge in [-0.05, 0) is 12.1 Å². The average molecular weight is 401 g/mol. The molecular formula is C19H21N4O4S+. The fourth-order valence-corrected chi connectivity index (χ4v) is 5.33. The molecule has 2 aromatic carbocycles. The molecular weight excluding hydrogens is 380 g/mol. The van der Waals surface area contributed by atoms with Gasteiger partial charge in [-0.25, -0.2) is 8.42 Å². The Balaban J connectivity index is 1.47. The fraction of sp³-hybridized carbons (Fsp3) is 0.263. The Morgan fingerprint density at radius 2 is 1.75 bits per heavy atom. The number of H-pyrrole nitrogens is 1. The highest BCUT2D eigenvalue weighted by atomic mass is 32.2. The standard InChI is InChI=1S/C19H20N4O4S/c24-23(25)18-7-3-4-8-19(18)28(26,27)22-11-9-21(10-12-22)14-15-13-20-17-6-2-1-5-16(15)17/h1-8,13,20H,9-12,14H2/p+1. The fourth-order valence-electron chi connectivity index (χ4n) is 3.73. The van der Waals surface area contributed by atoms with E-state index >= 15 is 0 Å². The molecule has 8 nitrogen and oxygen atoms in total. The van der Waals surface area contributed by atoms with Crippen LogP contribution in [0.25, 0.3) is 10.9 Å². The van der Waals surface area contributed by atoms with Crippen molar-refractivity contribution in [3.63, 3.8) is 0 Å². The number of nitrogens with zero attached hydrogens (tertiary/aromatic N) is 2. The van der Waals surface area contributed by atoms with Crippen LogP contribution in [0.3, 0.4) is 0 Å². The highest BCUT2D eigenvalue weighted by Crippen LogP contribution is 2.26. The Bertz CT molecular complexity index is 1120. The van der Waals surface area contributed by atoms with Crippen molar-refractivity contribution in [2.75, 3.05) is 26.2 Å². The maximum absolute atomic E-state index is 12.9. The zero-order valence-electron chi connectivity index (χ0n) is 15.2. The number of para-hydroxylation sites is 2. The zero-order chi connectivity index (χ0) is 19.7. The van der Waals surface area contributed by atoms with Crippen LogP contribution in [0.15, 0.2) is 59.6 Å². The van der Waals surface area contributed by atoms with Crippen molar-refractivity contribution < 1.29 is 18.2 Å². The summed E-state index contributed by atoms with van der Waals surface area (Å²) in [6, 6.07) is 13.6. The van der Waals surface area contributed by atoms with Gasteiger partial charge in [-0.15, -0.1) is 0 Å². The first-order valence-electron chi connectivity index (χ1n) is 9.09. The lowest BCUT2D eigenvalue weighted by atomic mass is 10.1. The summed E-state index contributed by atoms with van der Waals surface area (Å²) < 4.78 is 27.2. The van der Waals surface area contributed by atoms with Gasteiger partial charge >= 0.3 is 0 Å². The monoisotopic (exact) mass is 401 g/mol. The maximum Gasteiger partial charge on any atom is 0.289 e. The van der Waals surface area contributed by atoms with E-state index < -0.39 is 14.9 Å². The number of quaternary nitrogens is 1. The summed E-state index contributed by atoms with van der Waals surface area (Å²) >= 11 is 0. The molecule has 1 aromatic heterocycles. The Morgan fingerprint density at radius 1 is 1.07 bits per heavy atom. The molecule has 1 saturated heterocycles. The van der Waals surface area contributed by atoms with Gasteiger partial charge in [0, 0.05) is 28.7 Å². The molecule has 0 spiro atoms. The van der Waals surface area contributed by atoms with Gasteiger partial charge in [0.1, 0.15) is 6.54 Å². The molecule has 3 aromatic rings. The molecule has 9 heteroatoms. The van der Waals surface area contributed by atoms with Gasteiger partial charge < -0.3 is 9.88 Å². The van der Waals surface area contributed by atoms with Gasteiger partial charge in [0.25, 0.3) is 5.69 Å². The van der Waals surface area contributed by atoms with E-state index in [4.69, 9.17) is 0 Å². The van der Waals surface area contributed by atoms with E-state index in [9.17, 15) is 18.5 Å². The summed E-state index contributed by atoms with van der Waals surface area (Å²) in [4.78, 5) is 14.9. The molecule has 146 valence electrons. The number of nitro benzene ring substituents is 1. The van der Waals surface area contributed by atoms with Gasteiger partial charge in [0.2, 0.25) is 10.0 Å². The van der Waals surface area contributed by atoms with Crippen LogP contribution in [0.4, 0.5) is 5.69 Å². The summed E-state index contributed by atoms with van der Waals surface area (Å²) in [6.07, 6.45) is 2.01. The van der Waals surface area contributed by atoms with Crippen molar-refractivity contribution in [2.24, 2.45) is 0 Å². The van der Waals surface area contributed by atoms with Crippen molar-refractivity contribution >= 4 is 26.6 Å². The highest BCUT2D eigenvalue weighted by molar-refractivity contribution is 7.89. The number of sulfonamides is 1. The second-order valence-corrected chi connectivity index (χ2v) is 8.82. The Hall–Kier alpha value is -2.75. The van der Waals surface area contributed by atoms with Crippen molar-refractivity contribution in [3.05, 3.63) is 70.4 Å². The van der Waals surface area contributed by atoms with Gasteiger partial charge in [-0.1, -0.05) is 30.3 Å². The second kappa shape index (κ2) is 7.34. The number of piperazine rings is 1. The molecule has 1 aliphatic rings. The van der Waals surface area contributed by atoms with Crippen LogP contribution in [0.5, 0.6) is 0 Å². The molecule has 1 aliphatic heterocycles. The third-order valence-corrected chi connectivity index (χ3v) is 7.17. The molecule has 1 fully saturated rings. The van der Waals surface area contributed by atoms with E-state index in [2.05, 4.69) is 11.1 Å². The zero-order valence-corrected chi connectivity index (χ0v) is 16.0. The minimum Gasteiger partial charge on any atom is -0.361 e. The number of nitrogens with one attached hydrogen (secondary N) is 2. The minimum absolute atomic E-state index is 0.236. The minimum atomic E-state index is -3.89. The molecule has 28 heavy (non-hydrogen) atoms. The van der Waals surface area contributed by atoms with E-state index in [-0.39, 0.29) is 10.6 Å². The van der Waals surface area contributed by atoms with E-state index in [1.165, 1.54) is 44.4 Å². The van der Waals surface area contributed by atoms with Crippen LogP contribution in [0.1, 0.15) is 5.56 Å². The van der Waals surface area contributed by atoms with E-state index in [0.29, 0.717) is 26.2 Å². The van der Waals surface area contributed by atoms with Gasteiger partial charge in [0.15, 0.2) is 4.90 Å². The van der Waals surface area contributed by atoms with Crippen LogP contribution >= 0.6 is 0 Å². The van der Waals surface area contributed by atoms with Crippen LogP contribution < -0.4 is 4.90 Å². The number of fused-ring (bicyclic) bond motifs is 1. The molecule has 0 aliphatic carbocycles. The van der Waals surface area contributed by atoms with Crippen molar-refractivity contribution in [3.8, 4) is 0 Å². The smallest absolute Gasteiger partial charge is 0.289 e. The summed E-state index contributed by atoms with van der Waals surface area (Å²) in [5, 5.41) is 12.4. The highest BCUT2D eigenvalue weighted by Gasteiger charge is 2.34. The van der Waals surface area contributed by atoms with Crippen molar-refractivity contribution in [1.29, 1.82) is 0 Å². The van der Waals surface area contributed by atoms with Crippen LogP contribution in [0, 0.1) is 10.1 Å². The molecule has 0 saturated carbocycles. The van der Waals surface area contributed by atoms with Gasteiger partial charge in [0.05, 0.1) is 31.1 Å². The summed E-state index contributed by atoms with van der Waals surface area (Å²) in [5.41, 5.74) is 1.92. The van der Waals surface area contributed by atoms with E-state index in [0.717, 1.165) is 12.1 Å². The SMILES string of the molecule is O=[N+]([O-])c1ccccc1S(=O)(=O)N1CC[NH+](Cc2c[nH]c3ccccc23)CC1. The number of rotatable bonds is 5. The van der Waals surface area contributed by atoms with Crippen molar-refractivity contribution in [2.45, 2.75) is 11.4 Å². The number of aromatic nitrogens is 1. The third kappa shape index (κ3) is 3.39. The van der Waals surface area contributed by atoms with Crippen LogP contribution in [0.2, 0.25) is 0 Å². The third-order valence-electron chi connectivity index (χ3n) is 5.22. The summed E-state index contributed by atoms with van der Waals surface area (Å²) in [7, 11) is -3.89. The number of benzene rings is 2. The molecule has 4 rings (SSSR count). The Labute approximate surface area is 162 Å². The topological polar surface area (TPSA) is 101 Å². The summed E-state index contributed by atoms with van der Waals surface area (Å²) in [6.45, 7) is 2.79. The quantitative estimate of drug-likeness (QED) is 0.495. The first kappa shape index (κ1) is 18.6. The predicted molar refractivity (Wildman–Crippen MR) is 105 cm³/mol. The number of nitro groups is 1. The van der Waals surface area contributed by atoms with Crippen molar-refractivity contribution in [1.82, 2.24) is 9.29 Å². The molecule has 0 unspecified atom stereocenters. The normalized spacial score (nSPS) is 16.4. The molecule has 0 bridgehead atoms. The molecule has 0 amide bonds. The van der Waals surface area contributed by atoms with E-state index in [1.54, 1.807) is 0 Å². The first-order valence-corrected chi connectivity index (χ1v) is 10.5. The molecule has 0 atom stereocenters. The van der Waals surface area contributed by atoms with E-state index in [1.807, 2.05) is 24.4 Å². The van der Waals surface area contributed by atoms with Crippen LogP contribution in [-0.4, -0.2) is 48.8 Å². The summed E-state index contributed by atoms with van der Waals surface area (Å²) in [5.74, 6) is 0. The lowest BCUT2D eigenvalue weighted by molar-refractivity contribution is -0.917. The Morgan fingerprint density at radius 3 is 2.50 bits per heavy atom. The lowest BCUT2D eigenvalue weighted by Crippen LogP contribution is -3.13. The molecule has 0 radical (unpaired) electrons. The molecule has 2 heterocycles. The van der Waals surface area contributed by atoms with Crippen LogP contribution in [-0.2, 0) is 16.6 Å². The lowest BCUT2D eigenvalue weighted by Gasteiger charge is -2.31. The second-order valence-electron chi connectivity index (χ2n) is 6.92. The maximum atomic E-state index is 12.9. The molecule has 2 N–H and O–H groups in total. The Kier molecular flexibility index (Phi) is 4.88. The van der Waals surface area contributed by atoms with Gasteiger partial charge in [-0.3, -0.25) is 10.1 Å². The average Bonchev–Trinajstić information content (AvgIpc) is 3.11. The number of hydrogen-bond acceptors (Lipinski definition) is 4. The number of aromatic amines is 1. The largest absolute Gasteiger partial charge is 0.361 e. The van der Waals surface area contributed by atoms with Gasteiger partial charge in [-0.2, -0.15) is 4.31 Å². The predicted octanol–water partition coefficient (Wildman–Crippen LogP) is 1.17. The number of hydrogen-bond donors (Lipinski definition) is 2. The first-order chi connectivity index (χ1) is 13.5.